The molecule has 0 radical (unpaired) electrons. The molecular weight excluding hydrogens is 624 g/mol. The van der Waals surface area contributed by atoms with Crippen LogP contribution in [-0.4, -0.2) is 98.7 Å². The first kappa shape index (κ1) is 34.9. The molecular formula is C36H44N8O5. The van der Waals surface area contributed by atoms with E-state index in [0.717, 1.165) is 27.9 Å². The van der Waals surface area contributed by atoms with Crippen LogP contribution in [0.3, 0.4) is 0 Å². The summed E-state index contributed by atoms with van der Waals surface area (Å²) in [5, 5.41) is 9.44. The molecule has 4 N–H and O–H groups in total. The molecule has 0 bridgehead atoms. The standard InChI is InChI=1S/C36H44N8O5/c1-4-31-37-15-18-43(31)17-14-33(46)44-19-16-38-35(48)29(20-25-10-6-5-7-11-25)41-34(47)24(2)42(3)36(49)30(40-32(45)23-44)21-26-22-39-28-13-9-8-12-27(26)28/h5-13,15,18,22,24,29-30,39H,4,14,16-17,19-21,23H2,1-3H3,(H,38,48)(H,40,45)(H,41,47)/t24-,29-,30-/m0/s1. The molecule has 0 aliphatic carbocycles. The lowest BCUT2D eigenvalue weighted by molar-refractivity contribution is -0.142. The number of hydrogen-bond donors (Lipinski definition) is 4. The summed E-state index contributed by atoms with van der Waals surface area (Å²) in [6.07, 6.45) is 6.48. The minimum atomic E-state index is -1.04. The van der Waals surface area contributed by atoms with E-state index in [-0.39, 0.29) is 44.8 Å². The third-order valence-electron chi connectivity index (χ3n) is 9.01. The number of aromatic nitrogens is 3. The number of para-hydroxylation sites is 1. The minimum Gasteiger partial charge on any atom is -0.361 e. The summed E-state index contributed by atoms with van der Waals surface area (Å²) in [5.41, 5.74) is 2.54. The van der Waals surface area contributed by atoms with E-state index in [2.05, 4.69) is 25.9 Å². The van der Waals surface area contributed by atoms with Gasteiger partial charge in [0.2, 0.25) is 29.5 Å². The molecule has 49 heavy (non-hydrogen) atoms. The van der Waals surface area contributed by atoms with E-state index in [1.54, 1.807) is 19.3 Å². The summed E-state index contributed by atoms with van der Waals surface area (Å²) in [6, 6.07) is 14.0. The predicted octanol–water partition coefficient (Wildman–Crippen LogP) is 1.58. The van der Waals surface area contributed by atoms with Gasteiger partial charge in [0.05, 0.1) is 6.54 Å². The Labute approximate surface area is 285 Å². The van der Waals surface area contributed by atoms with E-state index >= 15 is 0 Å². The molecule has 1 fully saturated rings. The highest BCUT2D eigenvalue weighted by Gasteiger charge is 2.33. The Morgan fingerprint density at radius 3 is 2.47 bits per heavy atom. The maximum Gasteiger partial charge on any atom is 0.245 e. The number of likely N-dealkylation sites (N-methyl/N-ethyl adjacent to an activating group) is 1. The van der Waals surface area contributed by atoms with Gasteiger partial charge in [-0.3, -0.25) is 24.0 Å². The van der Waals surface area contributed by atoms with Crippen molar-refractivity contribution in [1.29, 1.82) is 0 Å². The largest absolute Gasteiger partial charge is 0.361 e. The van der Waals surface area contributed by atoms with Gasteiger partial charge in [0.1, 0.15) is 23.9 Å². The van der Waals surface area contributed by atoms with Crippen LogP contribution in [0, 0.1) is 0 Å². The van der Waals surface area contributed by atoms with E-state index in [1.165, 1.54) is 16.8 Å². The van der Waals surface area contributed by atoms with Gasteiger partial charge in [-0.25, -0.2) is 4.98 Å². The normalized spacial score (nSPS) is 19.9. The van der Waals surface area contributed by atoms with Crippen LogP contribution in [0.5, 0.6) is 0 Å². The lowest BCUT2D eigenvalue weighted by atomic mass is 10.0. The maximum atomic E-state index is 14.0. The molecule has 0 spiro atoms. The predicted molar refractivity (Wildman–Crippen MR) is 184 cm³/mol. The van der Waals surface area contributed by atoms with Crippen molar-refractivity contribution in [1.82, 2.24) is 40.3 Å². The molecule has 258 valence electrons. The quantitative estimate of drug-likeness (QED) is 0.223. The second kappa shape index (κ2) is 16.1. The Balaban J connectivity index is 1.42. The number of carbonyl (C=O) groups excluding carboxylic acids is 5. The molecule has 0 unspecified atom stereocenters. The number of nitrogens with zero attached hydrogens (tertiary/aromatic N) is 4. The highest BCUT2D eigenvalue weighted by molar-refractivity contribution is 5.95. The van der Waals surface area contributed by atoms with Crippen LogP contribution < -0.4 is 16.0 Å². The molecule has 2 aromatic heterocycles. The molecule has 5 rings (SSSR count). The molecule has 0 saturated carbocycles. The summed E-state index contributed by atoms with van der Waals surface area (Å²) in [4.78, 5) is 78.5. The number of imidazole rings is 1. The van der Waals surface area contributed by atoms with Gasteiger partial charge in [-0.15, -0.1) is 0 Å². The molecule has 3 heterocycles. The van der Waals surface area contributed by atoms with E-state index in [0.29, 0.717) is 13.0 Å². The first-order valence-electron chi connectivity index (χ1n) is 16.6. The second-order valence-electron chi connectivity index (χ2n) is 12.3. The van der Waals surface area contributed by atoms with Gasteiger partial charge in [0, 0.05) is 81.9 Å². The molecule has 1 saturated heterocycles. The zero-order valence-electron chi connectivity index (χ0n) is 28.1. The topological polar surface area (TPSA) is 162 Å². The van der Waals surface area contributed by atoms with Gasteiger partial charge in [-0.2, -0.15) is 0 Å². The number of amides is 5. The maximum absolute atomic E-state index is 14.0. The van der Waals surface area contributed by atoms with E-state index in [1.807, 2.05) is 72.3 Å². The Bertz CT molecular complexity index is 1780. The van der Waals surface area contributed by atoms with Crippen molar-refractivity contribution in [3.8, 4) is 0 Å². The number of aromatic amines is 1. The van der Waals surface area contributed by atoms with E-state index in [9.17, 15) is 24.0 Å². The highest BCUT2D eigenvalue weighted by atomic mass is 16.2. The lowest BCUT2D eigenvalue weighted by Gasteiger charge is -2.30. The summed E-state index contributed by atoms with van der Waals surface area (Å²) in [5.74, 6) is -1.40. The average molecular weight is 669 g/mol. The third kappa shape index (κ3) is 8.72. The van der Waals surface area contributed by atoms with Crippen molar-refractivity contribution in [3.05, 3.63) is 90.1 Å². The molecule has 4 aromatic rings. The average Bonchev–Trinajstić information content (AvgIpc) is 3.75. The number of H-pyrrole nitrogens is 1. The highest BCUT2D eigenvalue weighted by Crippen LogP contribution is 2.20. The zero-order valence-corrected chi connectivity index (χ0v) is 28.1. The van der Waals surface area contributed by atoms with Gasteiger partial charge in [-0.1, -0.05) is 55.5 Å². The minimum absolute atomic E-state index is 0.0475. The Morgan fingerprint density at radius 2 is 1.69 bits per heavy atom. The number of rotatable bonds is 8. The Hall–Kier alpha value is -5.46. The number of carbonyl (C=O) groups is 5. The monoisotopic (exact) mass is 668 g/mol. The van der Waals surface area contributed by atoms with Gasteiger partial charge in [0.25, 0.3) is 0 Å². The molecule has 13 heteroatoms. The number of hydrogen-bond acceptors (Lipinski definition) is 6. The van der Waals surface area contributed by atoms with Crippen molar-refractivity contribution < 1.29 is 24.0 Å². The van der Waals surface area contributed by atoms with Gasteiger partial charge in [-0.05, 0) is 24.1 Å². The number of aryl methyl sites for hydroxylation is 2. The van der Waals surface area contributed by atoms with Crippen molar-refractivity contribution in [3.63, 3.8) is 0 Å². The first-order valence-corrected chi connectivity index (χ1v) is 16.6. The zero-order chi connectivity index (χ0) is 34.9. The summed E-state index contributed by atoms with van der Waals surface area (Å²) >= 11 is 0. The van der Waals surface area contributed by atoms with Crippen LogP contribution >= 0.6 is 0 Å². The van der Waals surface area contributed by atoms with Crippen LogP contribution in [0.25, 0.3) is 10.9 Å². The van der Waals surface area contributed by atoms with E-state index in [4.69, 9.17) is 0 Å². The summed E-state index contributed by atoms with van der Waals surface area (Å²) < 4.78 is 1.90. The fraction of sp³-hybridized carbons (Fsp3) is 0.389. The molecule has 3 atom stereocenters. The molecule has 13 nitrogen and oxygen atoms in total. The van der Waals surface area contributed by atoms with Crippen LogP contribution in [0.15, 0.2) is 73.2 Å². The van der Waals surface area contributed by atoms with Crippen LogP contribution in [-0.2, 0) is 49.8 Å². The fourth-order valence-electron chi connectivity index (χ4n) is 6.06. The fourth-order valence-corrected chi connectivity index (χ4v) is 6.06. The van der Waals surface area contributed by atoms with Crippen LogP contribution in [0.2, 0.25) is 0 Å². The van der Waals surface area contributed by atoms with Gasteiger partial charge >= 0.3 is 0 Å². The van der Waals surface area contributed by atoms with Gasteiger partial charge < -0.3 is 35.3 Å². The summed E-state index contributed by atoms with van der Waals surface area (Å²) in [6.45, 7) is 3.72. The van der Waals surface area contributed by atoms with Crippen molar-refractivity contribution in [2.45, 2.75) is 64.2 Å². The second-order valence-corrected chi connectivity index (χ2v) is 12.3. The smallest absolute Gasteiger partial charge is 0.245 e. The molecule has 1 aliphatic heterocycles. The van der Waals surface area contributed by atoms with Crippen LogP contribution in [0.1, 0.15) is 37.2 Å². The summed E-state index contributed by atoms with van der Waals surface area (Å²) in [7, 11) is 1.50. The van der Waals surface area contributed by atoms with E-state index < -0.39 is 41.8 Å². The number of nitrogens with one attached hydrogen (secondary N) is 4. The third-order valence-corrected chi connectivity index (χ3v) is 9.01. The lowest BCUT2D eigenvalue weighted by Crippen LogP contribution is -2.57. The van der Waals surface area contributed by atoms with Crippen molar-refractivity contribution in [2.75, 3.05) is 26.7 Å². The first-order chi connectivity index (χ1) is 23.6. The number of benzene rings is 2. The number of fused-ring (bicyclic) bond motifs is 1. The molecule has 5 amide bonds. The van der Waals surface area contributed by atoms with Crippen LogP contribution in [0.4, 0.5) is 0 Å². The molecule has 1 aliphatic rings. The van der Waals surface area contributed by atoms with Crippen molar-refractivity contribution >= 4 is 40.4 Å². The van der Waals surface area contributed by atoms with Crippen molar-refractivity contribution in [2.24, 2.45) is 0 Å². The Morgan fingerprint density at radius 1 is 0.939 bits per heavy atom. The Kier molecular flexibility index (Phi) is 11.4. The van der Waals surface area contributed by atoms with Gasteiger partial charge in [0.15, 0.2) is 0 Å². The SMILES string of the molecule is CCc1nccn1CCC(=O)N1CCNC(=O)[C@H](Cc2ccccc2)NC(=O)[C@H](C)N(C)C(=O)[C@H](Cc2c[nH]c3ccccc23)NC(=O)C1. The molecule has 2 aromatic carbocycles.